The van der Waals surface area contributed by atoms with Gasteiger partial charge in [0.15, 0.2) is 5.78 Å². The number of ether oxygens (including phenoxy) is 1. The van der Waals surface area contributed by atoms with Crippen LogP contribution in [0.4, 0.5) is 0 Å². The number of esters is 1. The summed E-state index contributed by atoms with van der Waals surface area (Å²) in [6.45, 7) is 11.4. The van der Waals surface area contributed by atoms with Crippen LogP contribution in [-0.2, 0) is 18.8 Å². The van der Waals surface area contributed by atoms with Gasteiger partial charge in [0, 0.05) is 12.0 Å². The van der Waals surface area contributed by atoms with Crippen molar-refractivity contribution in [1.82, 2.24) is 0 Å². The van der Waals surface area contributed by atoms with Crippen molar-refractivity contribution in [3.8, 4) is 0 Å². The van der Waals surface area contributed by atoms with Crippen LogP contribution in [0.5, 0.6) is 0 Å². The Kier molecular flexibility index (Phi) is 5.17. The topological polar surface area (TPSA) is 61.8 Å². The third-order valence-electron chi connectivity index (χ3n) is 5.10. The van der Waals surface area contributed by atoms with Crippen molar-refractivity contribution in [2.75, 3.05) is 7.11 Å². The molecule has 136 valence electrons. The number of rotatable bonds is 5. The van der Waals surface area contributed by atoms with E-state index in [-0.39, 0.29) is 12.2 Å². The summed E-state index contributed by atoms with van der Waals surface area (Å²) in [5, 5.41) is 0. The normalized spacial score (nSPS) is 18.9. The smallest absolute Gasteiger partial charge is 0.469 e. The van der Waals surface area contributed by atoms with Crippen LogP contribution in [0.1, 0.15) is 58.3 Å². The average Bonchev–Trinajstić information content (AvgIpc) is 2.74. The fraction of sp³-hybridized carbons (Fsp3) is 0.579. The molecule has 0 saturated carbocycles. The van der Waals surface area contributed by atoms with Crippen LogP contribution in [0.25, 0.3) is 0 Å². The van der Waals surface area contributed by atoms with Crippen LogP contribution < -0.4 is 5.46 Å². The van der Waals surface area contributed by atoms with Crippen molar-refractivity contribution >= 4 is 24.3 Å². The second-order valence-corrected chi connectivity index (χ2v) is 8.19. The Morgan fingerprint density at radius 2 is 1.52 bits per heavy atom. The second kappa shape index (κ2) is 6.58. The molecule has 1 aliphatic rings. The van der Waals surface area contributed by atoms with E-state index >= 15 is 0 Å². The van der Waals surface area contributed by atoms with Crippen LogP contribution in [0, 0.1) is 5.41 Å². The molecule has 1 heterocycles. The van der Waals surface area contributed by atoms with Crippen molar-refractivity contribution in [3.63, 3.8) is 0 Å². The summed E-state index contributed by atoms with van der Waals surface area (Å²) >= 11 is 0. The van der Waals surface area contributed by atoms with Crippen LogP contribution in [0.3, 0.4) is 0 Å². The largest absolute Gasteiger partial charge is 0.494 e. The molecule has 0 aromatic heterocycles. The van der Waals surface area contributed by atoms with Crippen molar-refractivity contribution in [1.29, 1.82) is 0 Å². The van der Waals surface area contributed by atoms with Gasteiger partial charge in [-0.2, -0.15) is 0 Å². The van der Waals surface area contributed by atoms with Gasteiger partial charge in [-0.15, -0.1) is 0 Å². The standard InChI is InChI=1S/C19H27BO5/c1-17(2,16(22)23-7)12-15(21)13-8-10-14(11-9-13)20-24-18(3,4)19(5,6)25-20/h8-11H,12H2,1-7H3. The van der Waals surface area contributed by atoms with Crippen molar-refractivity contribution in [2.45, 2.75) is 59.2 Å². The summed E-state index contributed by atoms with van der Waals surface area (Å²) in [7, 11) is 0.870. The number of Topliss-reactive ketones (excluding diaryl/α,β-unsaturated/α-hetero) is 1. The summed E-state index contributed by atoms with van der Waals surface area (Å²) in [6.07, 6.45) is 0.0928. The molecule has 2 rings (SSSR count). The van der Waals surface area contributed by atoms with Gasteiger partial charge in [0.1, 0.15) is 0 Å². The first-order valence-corrected chi connectivity index (χ1v) is 8.47. The molecule has 1 aliphatic heterocycles. The predicted octanol–water partition coefficient (Wildman–Crippen LogP) is 2.76. The van der Waals surface area contributed by atoms with Crippen LogP contribution in [0.2, 0.25) is 0 Å². The van der Waals surface area contributed by atoms with E-state index in [0.717, 1.165) is 5.46 Å². The van der Waals surface area contributed by atoms with E-state index in [9.17, 15) is 9.59 Å². The highest BCUT2D eigenvalue weighted by molar-refractivity contribution is 6.62. The minimum atomic E-state index is -0.851. The fourth-order valence-corrected chi connectivity index (χ4v) is 2.66. The Hall–Kier alpha value is -1.66. The average molecular weight is 346 g/mol. The van der Waals surface area contributed by atoms with Crippen molar-refractivity contribution in [3.05, 3.63) is 29.8 Å². The summed E-state index contributed by atoms with van der Waals surface area (Å²) in [6, 6.07) is 7.16. The summed E-state index contributed by atoms with van der Waals surface area (Å²) in [4.78, 5) is 24.2. The lowest BCUT2D eigenvalue weighted by Crippen LogP contribution is -2.41. The summed E-state index contributed by atoms with van der Waals surface area (Å²) in [5.41, 5.74) is -0.247. The summed E-state index contributed by atoms with van der Waals surface area (Å²) in [5.74, 6) is -0.495. The second-order valence-electron chi connectivity index (χ2n) is 8.19. The Labute approximate surface area is 150 Å². The molecule has 0 amide bonds. The van der Waals surface area contributed by atoms with E-state index in [1.165, 1.54) is 7.11 Å². The van der Waals surface area contributed by atoms with Crippen LogP contribution in [-0.4, -0.2) is 37.2 Å². The third-order valence-corrected chi connectivity index (χ3v) is 5.10. The Bertz CT molecular complexity index is 645. The van der Waals surface area contributed by atoms with Crippen molar-refractivity contribution < 1.29 is 23.6 Å². The maximum atomic E-state index is 12.4. The van der Waals surface area contributed by atoms with E-state index < -0.39 is 29.7 Å². The Morgan fingerprint density at radius 3 is 1.96 bits per heavy atom. The lowest BCUT2D eigenvalue weighted by molar-refractivity contribution is -0.150. The zero-order valence-electron chi connectivity index (χ0n) is 16.1. The minimum Gasteiger partial charge on any atom is -0.469 e. The number of methoxy groups -OCH3 is 1. The number of ketones is 1. The van der Waals surface area contributed by atoms with E-state index in [4.69, 9.17) is 14.0 Å². The molecule has 1 aromatic rings. The van der Waals surface area contributed by atoms with Gasteiger partial charge in [0.25, 0.3) is 0 Å². The Morgan fingerprint density at radius 1 is 1.04 bits per heavy atom. The molecule has 0 unspecified atom stereocenters. The number of benzene rings is 1. The molecule has 0 N–H and O–H groups in total. The molecular weight excluding hydrogens is 319 g/mol. The summed E-state index contributed by atoms with van der Waals surface area (Å²) < 4.78 is 16.8. The molecule has 6 heteroatoms. The SMILES string of the molecule is COC(=O)C(C)(C)CC(=O)c1ccc(B2OC(C)(C)C(C)(C)O2)cc1. The molecule has 0 bridgehead atoms. The van der Waals surface area contributed by atoms with Gasteiger partial charge in [-0.25, -0.2) is 0 Å². The van der Waals surface area contributed by atoms with Crippen LogP contribution in [0.15, 0.2) is 24.3 Å². The van der Waals surface area contributed by atoms with Gasteiger partial charge >= 0.3 is 13.1 Å². The molecule has 0 aliphatic carbocycles. The number of hydrogen-bond donors (Lipinski definition) is 0. The van der Waals surface area contributed by atoms with Gasteiger partial charge in [0.05, 0.1) is 23.7 Å². The van der Waals surface area contributed by atoms with Gasteiger partial charge in [0.2, 0.25) is 0 Å². The molecule has 25 heavy (non-hydrogen) atoms. The molecule has 1 fully saturated rings. The van der Waals surface area contributed by atoms with Gasteiger partial charge in [-0.05, 0) is 47.0 Å². The van der Waals surface area contributed by atoms with E-state index in [0.29, 0.717) is 5.56 Å². The number of carbonyl (C=O) groups excluding carboxylic acids is 2. The lowest BCUT2D eigenvalue weighted by atomic mass is 9.78. The number of carbonyl (C=O) groups is 2. The maximum absolute atomic E-state index is 12.4. The van der Waals surface area contributed by atoms with Crippen molar-refractivity contribution in [2.24, 2.45) is 5.41 Å². The molecule has 1 aromatic carbocycles. The minimum absolute atomic E-state index is 0.0928. The molecule has 0 spiro atoms. The first-order chi connectivity index (χ1) is 11.4. The number of hydrogen-bond acceptors (Lipinski definition) is 5. The predicted molar refractivity (Wildman–Crippen MR) is 96.9 cm³/mol. The molecule has 5 nitrogen and oxygen atoms in total. The zero-order valence-corrected chi connectivity index (χ0v) is 16.1. The lowest BCUT2D eigenvalue weighted by Gasteiger charge is -2.32. The molecular formula is C19H27BO5. The third kappa shape index (κ3) is 3.96. The first kappa shape index (κ1) is 19.7. The van der Waals surface area contributed by atoms with Crippen LogP contribution >= 0.6 is 0 Å². The van der Waals surface area contributed by atoms with E-state index in [1.54, 1.807) is 26.0 Å². The molecule has 1 saturated heterocycles. The molecule has 0 radical (unpaired) electrons. The monoisotopic (exact) mass is 346 g/mol. The quantitative estimate of drug-likeness (QED) is 0.466. The Balaban J connectivity index is 2.11. The highest BCUT2D eigenvalue weighted by Gasteiger charge is 2.51. The van der Waals surface area contributed by atoms with Gasteiger partial charge < -0.3 is 14.0 Å². The fourth-order valence-electron chi connectivity index (χ4n) is 2.66. The highest BCUT2D eigenvalue weighted by atomic mass is 16.7. The van der Waals surface area contributed by atoms with E-state index in [2.05, 4.69) is 0 Å². The first-order valence-electron chi connectivity index (χ1n) is 8.47. The van der Waals surface area contributed by atoms with Gasteiger partial charge in [-0.3, -0.25) is 9.59 Å². The van der Waals surface area contributed by atoms with Gasteiger partial charge in [-0.1, -0.05) is 24.3 Å². The highest BCUT2D eigenvalue weighted by Crippen LogP contribution is 2.36. The zero-order chi connectivity index (χ0) is 19.0. The van der Waals surface area contributed by atoms with E-state index in [1.807, 2.05) is 39.8 Å². The molecule has 0 atom stereocenters. The maximum Gasteiger partial charge on any atom is 0.494 e.